The number of hydrogen-bond acceptors (Lipinski definition) is 4. The molecule has 18 heavy (non-hydrogen) atoms. The monoisotopic (exact) mass is 282 g/mol. The molecule has 0 aromatic heterocycles. The summed E-state index contributed by atoms with van der Waals surface area (Å²) in [6.45, 7) is -0.270. The molecule has 1 unspecified atom stereocenters. The van der Waals surface area contributed by atoms with Crippen LogP contribution < -0.4 is 4.74 Å². The maximum absolute atomic E-state index is 11.9. The van der Waals surface area contributed by atoms with E-state index >= 15 is 0 Å². The maximum atomic E-state index is 11.9. The summed E-state index contributed by atoms with van der Waals surface area (Å²) in [7, 11) is -1.78. The van der Waals surface area contributed by atoms with Gasteiger partial charge in [0.2, 0.25) is 0 Å². The second-order valence-corrected chi connectivity index (χ2v) is 4.43. The lowest BCUT2D eigenvalue weighted by molar-refractivity contribution is -0.274. The van der Waals surface area contributed by atoms with Gasteiger partial charge in [-0.15, -0.1) is 13.2 Å². The number of halogens is 3. The standard InChI is InChI=1S/C10H9F3O4S/c1-18(15)9(14)16-6-7-3-2-4-8(5-7)17-10(11,12)13/h2-5H,6H2,1H3. The smallest absolute Gasteiger partial charge is 0.451 e. The summed E-state index contributed by atoms with van der Waals surface area (Å²) < 4.78 is 54.8. The summed E-state index contributed by atoms with van der Waals surface area (Å²) in [6.07, 6.45) is -3.63. The van der Waals surface area contributed by atoms with Crippen LogP contribution in [-0.4, -0.2) is 22.1 Å². The number of carbonyl (C=O) groups excluding carboxylic acids is 1. The molecule has 4 nitrogen and oxygen atoms in total. The third-order valence-corrected chi connectivity index (χ3v) is 2.31. The quantitative estimate of drug-likeness (QED) is 0.800. The Morgan fingerprint density at radius 3 is 2.61 bits per heavy atom. The van der Waals surface area contributed by atoms with Crippen molar-refractivity contribution in [1.82, 2.24) is 0 Å². The number of benzene rings is 1. The van der Waals surface area contributed by atoms with E-state index in [9.17, 15) is 22.2 Å². The minimum Gasteiger partial charge on any atom is -0.451 e. The highest BCUT2D eigenvalue weighted by Crippen LogP contribution is 2.23. The zero-order valence-electron chi connectivity index (χ0n) is 9.19. The molecule has 0 heterocycles. The lowest BCUT2D eigenvalue weighted by atomic mass is 10.2. The Morgan fingerprint density at radius 1 is 1.39 bits per heavy atom. The van der Waals surface area contributed by atoms with Gasteiger partial charge in [-0.2, -0.15) is 0 Å². The van der Waals surface area contributed by atoms with E-state index < -0.39 is 28.2 Å². The molecular weight excluding hydrogens is 273 g/mol. The van der Waals surface area contributed by atoms with Crippen LogP contribution in [0.2, 0.25) is 0 Å². The molecule has 0 bridgehead atoms. The van der Waals surface area contributed by atoms with Crippen LogP contribution in [0.25, 0.3) is 0 Å². The van der Waals surface area contributed by atoms with Gasteiger partial charge in [0.05, 0.1) is 0 Å². The molecule has 0 aliphatic rings. The summed E-state index contributed by atoms with van der Waals surface area (Å²) in [5.74, 6) is -0.409. The molecule has 0 radical (unpaired) electrons. The molecule has 1 rings (SSSR count). The zero-order chi connectivity index (χ0) is 13.8. The van der Waals surface area contributed by atoms with E-state index in [0.29, 0.717) is 5.56 Å². The van der Waals surface area contributed by atoms with Gasteiger partial charge in [0.15, 0.2) is 0 Å². The molecule has 1 atom stereocenters. The summed E-state index contributed by atoms with van der Waals surface area (Å²) in [4.78, 5) is 10.9. The topological polar surface area (TPSA) is 52.6 Å². The molecule has 1 aromatic rings. The normalized spacial score (nSPS) is 12.9. The molecule has 0 saturated carbocycles. The van der Waals surface area contributed by atoms with Crippen molar-refractivity contribution in [1.29, 1.82) is 0 Å². The summed E-state index contributed by atoms with van der Waals surface area (Å²) in [6, 6.07) is 4.98. The first-order valence-corrected chi connectivity index (χ1v) is 6.18. The fourth-order valence-corrected chi connectivity index (χ4v) is 1.28. The van der Waals surface area contributed by atoms with E-state index in [4.69, 9.17) is 0 Å². The second-order valence-electron chi connectivity index (χ2n) is 3.19. The van der Waals surface area contributed by atoms with Crippen LogP contribution in [-0.2, 0) is 22.1 Å². The van der Waals surface area contributed by atoms with Crippen molar-refractivity contribution in [2.24, 2.45) is 0 Å². The van der Waals surface area contributed by atoms with Crippen molar-refractivity contribution in [3.05, 3.63) is 29.8 Å². The van der Waals surface area contributed by atoms with Gasteiger partial charge in [-0.25, -0.2) is 9.00 Å². The van der Waals surface area contributed by atoms with Crippen LogP contribution in [0.15, 0.2) is 24.3 Å². The minimum atomic E-state index is -4.78. The van der Waals surface area contributed by atoms with Crippen LogP contribution in [0.4, 0.5) is 18.0 Å². The Kier molecular flexibility index (Phi) is 4.71. The number of carbonyl (C=O) groups is 1. The van der Waals surface area contributed by atoms with Gasteiger partial charge >= 0.3 is 11.7 Å². The van der Waals surface area contributed by atoms with Gasteiger partial charge < -0.3 is 9.47 Å². The summed E-state index contributed by atoms with van der Waals surface area (Å²) >= 11 is 0. The molecule has 0 amide bonds. The maximum Gasteiger partial charge on any atom is 0.573 e. The summed E-state index contributed by atoms with van der Waals surface area (Å²) in [5.41, 5.74) is 0.301. The van der Waals surface area contributed by atoms with Crippen LogP contribution in [0.3, 0.4) is 0 Å². The van der Waals surface area contributed by atoms with Gasteiger partial charge in [0.1, 0.15) is 23.2 Å². The van der Waals surface area contributed by atoms with E-state index in [-0.39, 0.29) is 6.61 Å². The fraction of sp³-hybridized carbons (Fsp3) is 0.300. The average Bonchev–Trinajstić information content (AvgIpc) is 2.23. The number of rotatable bonds is 3. The van der Waals surface area contributed by atoms with Crippen molar-refractivity contribution in [2.45, 2.75) is 13.0 Å². The van der Waals surface area contributed by atoms with Gasteiger partial charge in [-0.05, 0) is 17.7 Å². The van der Waals surface area contributed by atoms with Crippen LogP contribution in [0, 0.1) is 0 Å². The van der Waals surface area contributed by atoms with Crippen molar-refractivity contribution in [2.75, 3.05) is 6.26 Å². The second kappa shape index (κ2) is 5.85. The van der Waals surface area contributed by atoms with E-state index in [1.165, 1.54) is 12.1 Å². The first-order chi connectivity index (χ1) is 8.28. The molecule has 0 fully saturated rings. The third-order valence-electron chi connectivity index (χ3n) is 1.72. The zero-order valence-corrected chi connectivity index (χ0v) is 10.0. The SMILES string of the molecule is CS(=O)C(=O)OCc1cccc(OC(F)(F)F)c1. The molecule has 100 valence electrons. The lowest BCUT2D eigenvalue weighted by Gasteiger charge is -2.10. The van der Waals surface area contributed by atoms with E-state index in [1.54, 1.807) is 0 Å². The molecule has 0 spiro atoms. The van der Waals surface area contributed by atoms with Gasteiger partial charge in [-0.3, -0.25) is 0 Å². The summed E-state index contributed by atoms with van der Waals surface area (Å²) in [5, 5.41) is -0.933. The van der Waals surface area contributed by atoms with E-state index in [0.717, 1.165) is 18.4 Å². The molecule has 8 heteroatoms. The van der Waals surface area contributed by atoms with E-state index in [2.05, 4.69) is 9.47 Å². The minimum absolute atomic E-state index is 0.270. The predicted octanol–water partition coefficient (Wildman–Crippen LogP) is 2.60. The van der Waals surface area contributed by atoms with Crippen molar-refractivity contribution >= 4 is 16.1 Å². The third kappa shape index (κ3) is 5.17. The van der Waals surface area contributed by atoms with Crippen LogP contribution in [0.5, 0.6) is 5.75 Å². The van der Waals surface area contributed by atoms with Crippen molar-refractivity contribution in [3.8, 4) is 5.75 Å². The fourth-order valence-electron chi connectivity index (χ4n) is 1.06. The Bertz CT molecular complexity index is 459. The van der Waals surface area contributed by atoms with Crippen molar-refractivity contribution < 1.29 is 31.6 Å². The predicted molar refractivity (Wildman–Crippen MR) is 57.4 cm³/mol. The Hall–Kier alpha value is -1.57. The molecule has 0 aliphatic carbocycles. The Balaban J connectivity index is 2.65. The molecular formula is C10H9F3O4S. The van der Waals surface area contributed by atoms with Gasteiger partial charge in [0.25, 0.3) is 0 Å². The lowest BCUT2D eigenvalue weighted by Crippen LogP contribution is -2.17. The largest absolute Gasteiger partial charge is 0.573 e. The highest BCUT2D eigenvalue weighted by atomic mass is 32.2. The molecule has 0 saturated heterocycles. The Morgan fingerprint density at radius 2 is 2.06 bits per heavy atom. The van der Waals surface area contributed by atoms with Crippen LogP contribution >= 0.6 is 0 Å². The number of hydrogen-bond donors (Lipinski definition) is 0. The van der Waals surface area contributed by atoms with Gasteiger partial charge in [-0.1, -0.05) is 12.1 Å². The molecule has 0 aliphatic heterocycles. The molecule has 1 aromatic carbocycles. The molecule has 0 N–H and O–H groups in total. The van der Waals surface area contributed by atoms with Crippen molar-refractivity contribution in [3.63, 3.8) is 0 Å². The first kappa shape index (κ1) is 14.5. The van der Waals surface area contributed by atoms with Gasteiger partial charge in [0, 0.05) is 6.26 Å². The number of ether oxygens (including phenoxy) is 2. The highest BCUT2D eigenvalue weighted by Gasteiger charge is 2.31. The van der Waals surface area contributed by atoms with Crippen LogP contribution in [0.1, 0.15) is 5.56 Å². The first-order valence-electron chi connectivity index (χ1n) is 4.63. The van der Waals surface area contributed by atoms with E-state index in [1.807, 2.05) is 0 Å². The number of alkyl halides is 3. The average molecular weight is 282 g/mol. The Labute approximate surface area is 103 Å². The highest BCUT2D eigenvalue weighted by molar-refractivity contribution is 7.99.